The number of aromatic nitrogens is 1. The number of H-pyrrole nitrogens is 1. The van der Waals surface area contributed by atoms with E-state index in [9.17, 15) is 34.2 Å². The lowest BCUT2D eigenvalue weighted by Gasteiger charge is -2.21. The molecule has 4 amide bonds. The molecule has 13 heteroatoms. The maximum atomic E-state index is 12.8. The molecule has 2 aromatic carbocycles. The number of nitrogens with one attached hydrogen (secondary N) is 4. The number of benzene rings is 2. The second kappa shape index (κ2) is 13.8. The molecule has 0 aliphatic rings. The molecule has 0 bridgehead atoms. The summed E-state index contributed by atoms with van der Waals surface area (Å²) in [4.78, 5) is 64.1. The Kier molecular flexibility index (Phi) is 10.2. The van der Waals surface area contributed by atoms with Gasteiger partial charge in [0.05, 0.1) is 12.6 Å². The van der Waals surface area contributed by atoms with Crippen LogP contribution in [0.4, 0.5) is 0 Å². The Morgan fingerprint density at radius 1 is 0.900 bits per heavy atom. The van der Waals surface area contributed by atoms with Crippen LogP contribution in [0, 0.1) is 0 Å². The van der Waals surface area contributed by atoms with E-state index in [0.717, 1.165) is 16.5 Å². The van der Waals surface area contributed by atoms with Crippen molar-refractivity contribution < 1.29 is 34.2 Å². The van der Waals surface area contributed by atoms with Gasteiger partial charge in [0.15, 0.2) is 0 Å². The maximum absolute atomic E-state index is 12.8. The molecular weight excluding hydrogens is 520 g/mol. The predicted molar refractivity (Wildman–Crippen MR) is 145 cm³/mol. The van der Waals surface area contributed by atoms with Gasteiger partial charge in [-0.2, -0.15) is 0 Å². The number of nitrogens with two attached hydrogens (primary N) is 2. The van der Waals surface area contributed by atoms with Gasteiger partial charge in [-0.1, -0.05) is 30.3 Å². The number of carbonyl (C=O) groups is 5. The standard InChI is InChI=1S/C27H32N6O7/c28-19(12-16-13-30-20-4-2-1-3-18(16)20)25(37)33-21(9-10-23(29)35)26(38)31-14-24(36)32-22(27(39)40)11-15-5-7-17(34)8-6-15/h1-8,13,19,21-22,30,34H,9-12,14,28H2,(H2,29,35)(H,31,38)(H,32,36)(H,33,37)(H,39,40). The summed E-state index contributed by atoms with van der Waals surface area (Å²) in [6.45, 7) is -0.581. The summed E-state index contributed by atoms with van der Waals surface area (Å²) in [5.74, 6) is -4.15. The molecule has 0 aliphatic carbocycles. The molecule has 1 heterocycles. The molecule has 10 N–H and O–H groups in total. The Morgan fingerprint density at radius 3 is 2.27 bits per heavy atom. The summed E-state index contributed by atoms with van der Waals surface area (Å²) in [5.41, 5.74) is 13.6. The lowest BCUT2D eigenvalue weighted by atomic mass is 10.0. The number of rotatable bonds is 14. The van der Waals surface area contributed by atoms with Gasteiger partial charge in [0, 0.05) is 29.9 Å². The number of para-hydroxylation sites is 1. The van der Waals surface area contributed by atoms with Crippen LogP contribution in [0.1, 0.15) is 24.0 Å². The Hall–Kier alpha value is -4.91. The highest BCUT2D eigenvalue weighted by Crippen LogP contribution is 2.19. The van der Waals surface area contributed by atoms with Crippen LogP contribution in [0.2, 0.25) is 0 Å². The van der Waals surface area contributed by atoms with Gasteiger partial charge in [-0.25, -0.2) is 4.79 Å². The fourth-order valence-corrected chi connectivity index (χ4v) is 4.07. The van der Waals surface area contributed by atoms with Gasteiger partial charge in [0.1, 0.15) is 17.8 Å². The number of carboxylic acids is 1. The van der Waals surface area contributed by atoms with Crippen molar-refractivity contribution in [1.82, 2.24) is 20.9 Å². The van der Waals surface area contributed by atoms with Gasteiger partial charge >= 0.3 is 5.97 Å². The normalized spacial score (nSPS) is 13.1. The third-order valence-corrected chi connectivity index (χ3v) is 6.20. The zero-order valence-corrected chi connectivity index (χ0v) is 21.6. The van der Waals surface area contributed by atoms with Gasteiger partial charge in [0.2, 0.25) is 23.6 Å². The summed E-state index contributed by atoms with van der Waals surface area (Å²) in [5, 5.41) is 26.9. The summed E-state index contributed by atoms with van der Waals surface area (Å²) < 4.78 is 0. The van der Waals surface area contributed by atoms with Crippen molar-refractivity contribution in [1.29, 1.82) is 0 Å². The predicted octanol–water partition coefficient (Wildman–Crippen LogP) is -0.578. The van der Waals surface area contributed by atoms with Crippen molar-refractivity contribution in [3.05, 3.63) is 65.9 Å². The van der Waals surface area contributed by atoms with Crippen LogP contribution in [0.5, 0.6) is 5.75 Å². The Labute approximate surface area is 229 Å². The van der Waals surface area contributed by atoms with Crippen LogP contribution < -0.4 is 27.4 Å². The molecule has 40 heavy (non-hydrogen) atoms. The average Bonchev–Trinajstić information content (AvgIpc) is 3.32. The fraction of sp³-hybridized carbons (Fsp3) is 0.296. The quantitative estimate of drug-likeness (QED) is 0.129. The van der Waals surface area contributed by atoms with Crippen molar-refractivity contribution in [3.8, 4) is 5.75 Å². The fourth-order valence-electron chi connectivity index (χ4n) is 4.07. The molecule has 0 spiro atoms. The second-order valence-corrected chi connectivity index (χ2v) is 9.28. The topological polar surface area (TPSA) is 230 Å². The molecule has 0 saturated heterocycles. The van der Waals surface area contributed by atoms with E-state index in [4.69, 9.17) is 11.5 Å². The number of phenolic OH excluding ortho intramolecular Hbond substituents is 1. The molecular formula is C27H32N6O7. The maximum Gasteiger partial charge on any atom is 0.326 e. The van der Waals surface area contributed by atoms with Gasteiger partial charge in [-0.05, 0) is 42.2 Å². The van der Waals surface area contributed by atoms with E-state index in [-0.39, 0.29) is 31.4 Å². The first-order chi connectivity index (χ1) is 19.0. The van der Waals surface area contributed by atoms with E-state index in [2.05, 4.69) is 20.9 Å². The average molecular weight is 553 g/mol. The van der Waals surface area contributed by atoms with E-state index in [1.807, 2.05) is 24.3 Å². The molecule has 3 unspecified atom stereocenters. The van der Waals surface area contributed by atoms with E-state index in [1.165, 1.54) is 24.3 Å². The minimum Gasteiger partial charge on any atom is -0.508 e. The first-order valence-corrected chi connectivity index (χ1v) is 12.5. The highest BCUT2D eigenvalue weighted by molar-refractivity contribution is 5.93. The number of fused-ring (bicyclic) bond motifs is 1. The summed E-state index contributed by atoms with van der Waals surface area (Å²) >= 11 is 0. The highest BCUT2D eigenvalue weighted by atomic mass is 16.4. The van der Waals surface area contributed by atoms with Gasteiger partial charge in [-0.15, -0.1) is 0 Å². The summed E-state index contributed by atoms with van der Waals surface area (Å²) in [7, 11) is 0. The zero-order chi connectivity index (χ0) is 29.2. The lowest BCUT2D eigenvalue weighted by Crippen LogP contribution is -2.54. The molecule has 3 rings (SSSR count). The first kappa shape index (κ1) is 29.6. The third-order valence-electron chi connectivity index (χ3n) is 6.20. The van der Waals surface area contributed by atoms with Crippen molar-refractivity contribution in [2.45, 2.75) is 43.8 Å². The van der Waals surface area contributed by atoms with Crippen molar-refractivity contribution in [3.63, 3.8) is 0 Å². The molecule has 0 saturated carbocycles. The van der Waals surface area contributed by atoms with Crippen LogP contribution in [-0.4, -0.2) is 69.5 Å². The zero-order valence-electron chi connectivity index (χ0n) is 21.6. The highest BCUT2D eigenvalue weighted by Gasteiger charge is 2.26. The minimum atomic E-state index is -1.29. The van der Waals surface area contributed by atoms with E-state index < -0.39 is 54.3 Å². The number of hydrogen-bond donors (Lipinski definition) is 8. The number of primary amides is 1. The largest absolute Gasteiger partial charge is 0.508 e. The Morgan fingerprint density at radius 2 is 1.60 bits per heavy atom. The number of amides is 4. The monoisotopic (exact) mass is 552 g/mol. The van der Waals surface area contributed by atoms with E-state index in [1.54, 1.807) is 6.20 Å². The first-order valence-electron chi connectivity index (χ1n) is 12.5. The minimum absolute atomic E-state index is 0.0132. The number of hydrogen-bond acceptors (Lipinski definition) is 7. The van der Waals surface area contributed by atoms with E-state index in [0.29, 0.717) is 5.56 Å². The second-order valence-electron chi connectivity index (χ2n) is 9.28. The molecule has 13 nitrogen and oxygen atoms in total. The lowest BCUT2D eigenvalue weighted by molar-refractivity contribution is -0.141. The van der Waals surface area contributed by atoms with Gasteiger partial charge in [-0.3, -0.25) is 19.2 Å². The molecule has 1 aromatic heterocycles. The van der Waals surface area contributed by atoms with Crippen LogP contribution in [0.25, 0.3) is 10.9 Å². The SMILES string of the molecule is NC(=O)CCC(NC(=O)C(N)Cc1c[nH]c2ccccc12)C(=O)NCC(=O)NC(Cc1ccc(O)cc1)C(=O)O. The number of phenols is 1. The van der Waals surface area contributed by atoms with Gasteiger partial charge in [0.25, 0.3) is 0 Å². The number of carboxylic acid groups (broad SMARTS) is 1. The number of aromatic hydroxyl groups is 1. The smallest absolute Gasteiger partial charge is 0.326 e. The van der Waals surface area contributed by atoms with E-state index >= 15 is 0 Å². The molecule has 0 aliphatic heterocycles. The molecule has 0 radical (unpaired) electrons. The Bertz CT molecular complexity index is 1370. The molecule has 0 fully saturated rings. The number of aliphatic carboxylic acids is 1. The van der Waals surface area contributed by atoms with Gasteiger partial charge < -0.3 is 42.6 Å². The number of carbonyl (C=O) groups excluding carboxylic acids is 4. The molecule has 3 atom stereocenters. The van der Waals surface area contributed by atoms with Crippen molar-refractivity contribution in [2.75, 3.05) is 6.54 Å². The van der Waals surface area contributed by atoms with Crippen molar-refractivity contribution in [2.24, 2.45) is 11.5 Å². The molecule has 3 aromatic rings. The van der Waals surface area contributed by atoms with Crippen LogP contribution in [-0.2, 0) is 36.8 Å². The Balaban J connectivity index is 1.57. The van der Waals surface area contributed by atoms with Crippen molar-refractivity contribution >= 4 is 40.5 Å². The molecule has 212 valence electrons. The summed E-state index contributed by atoms with van der Waals surface area (Å²) in [6, 6.07) is 9.82. The third kappa shape index (κ3) is 8.56. The number of aromatic amines is 1. The van der Waals surface area contributed by atoms with Crippen LogP contribution in [0.15, 0.2) is 54.7 Å². The van der Waals surface area contributed by atoms with Crippen LogP contribution >= 0.6 is 0 Å². The summed E-state index contributed by atoms with van der Waals surface area (Å²) in [6.07, 6.45) is 1.53. The van der Waals surface area contributed by atoms with Crippen LogP contribution in [0.3, 0.4) is 0 Å².